The van der Waals surface area contributed by atoms with E-state index in [-0.39, 0.29) is 23.8 Å². The topological polar surface area (TPSA) is 127 Å². The summed E-state index contributed by atoms with van der Waals surface area (Å²) in [4.78, 5) is 39.6. The minimum atomic E-state index is -0.527. The molecule has 3 aromatic rings. The molecule has 4 rings (SSSR count). The van der Waals surface area contributed by atoms with Crippen LogP contribution in [-0.2, 0) is 4.79 Å². The van der Waals surface area contributed by atoms with Gasteiger partial charge >= 0.3 is 0 Å². The second-order valence-electron chi connectivity index (χ2n) is 7.60. The van der Waals surface area contributed by atoms with Gasteiger partial charge in [-0.3, -0.25) is 19.7 Å². The van der Waals surface area contributed by atoms with Gasteiger partial charge in [0.25, 0.3) is 11.6 Å². The molecule has 0 radical (unpaired) electrons. The molecule has 0 saturated carbocycles. The zero-order valence-electron chi connectivity index (χ0n) is 18.0. The van der Waals surface area contributed by atoms with E-state index in [0.717, 1.165) is 18.8 Å². The molecular formula is C22H23N7O4. The lowest BCUT2D eigenvalue weighted by Crippen LogP contribution is -2.51. The number of anilines is 1. The largest absolute Gasteiger partial charge is 0.368 e. The number of carbonyl (C=O) groups excluding carboxylic acids is 2. The average molecular weight is 449 g/mol. The van der Waals surface area contributed by atoms with Crippen LogP contribution >= 0.6 is 0 Å². The Morgan fingerprint density at radius 3 is 2.42 bits per heavy atom. The molecule has 0 bridgehead atoms. The lowest BCUT2D eigenvalue weighted by molar-refractivity contribution is -0.384. The molecule has 11 heteroatoms. The number of non-ortho nitro benzene ring substituents is 1. The van der Waals surface area contributed by atoms with E-state index in [1.807, 2.05) is 30.3 Å². The van der Waals surface area contributed by atoms with Gasteiger partial charge in [0.15, 0.2) is 5.69 Å². The van der Waals surface area contributed by atoms with Crippen molar-refractivity contribution in [2.75, 3.05) is 37.6 Å². The SMILES string of the molecule is Cc1c(C(=O)NCC(=O)N2CCN(c3ccccc3)CC2)nnn1-c1cccc([N+](=O)[O-])c1. The first kappa shape index (κ1) is 21.9. The van der Waals surface area contributed by atoms with Gasteiger partial charge in [-0.05, 0) is 25.1 Å². The minimum Gasteiger partial charge on any atom is -0.368 e. The van der Waals surface area contributed by atoms with E-state index < -0.39 is 10.8 Å². The first-order chi connectivity index (χ1) is 15.9. The Bertz CT molecular complexity index is 1170. The smallest absolute Gasteiger partial charge is 0.274 e. The maximum absolute atomic E-state index is 12.6. The number of amides is 2. The van der Waals surface area contributed by atoms with Crippen molar-refractivity contribution >= 4 is 23.2 Å². The van der Waals surface area contributed by atoms with E-state index in [9.17, 15) is 19.7 Å². The van der Waals surface area contributed by atoms with Gasteiger partial charge in [0.05, 0.1) is 22.8 Å². The number of carbonyl (C=O) groups is 2. The van der Waals surface area contributed by atoms with Crippen molar-refractivity contribution in [2.45, 2.75) is 6.92 Å². The highest BCUT2D eigenvalue weighted by atomic mass is 16.6. The van der Waals surface area contributed by atoms with E-state index >= 15 is 0 Å². The highest BCUT2D eigenvalue weighted by molar-refractivity contribution is 5.95. The van der Waals surface area contributed by atoms with Crippen LogP contribution in [0.3, 0.4) is 0 Å². The van der Waals surface area contributed by atoms with Crippen molar-refractivity contribution in [3.8, 4) is 5.69 Å². The number of hydrogen-bond acceptors (Lipinski definition) is 7. The highest BCUT2D eigenvalue weighted by Crippen LogP contribution is 2.18. The van der Waals surface area contributed by atoms with Crippen molar-refractivity contribution in [3.05, 3.63) is 76.1 Å². The van der Waals surface area contributed by atoms with Crippen molar-refractivity contribution in [3.63, 3.8) is 0 Å². The normalized spacial score (nSPS) is 13.6. The number of nitrogens with zero attached hydrogens (tertiary/aromatic N) is 6. The van der Waals surface area contributed by atoms with E-state index in [2.05, 4.69) is 20.5 Å². The average Bonchev–Trinajstić information content (AvgIpc) is 3.24. The molecule has 1 aromatic heterocycles. The lowest BCUT2D eigenvalue weighted by Gasteiger charge is -2.36. The Kier molecular flexibility index (Phi) is 6.29. The molecule has 1 aliphatic rings. The van der Waals surface area contributed by atoms with Crippen LogP contribution in [0.4, 0.5) is 11.4 Å². The molecule has 1 N–H and O–H groups in total. The number of aromatic nitrogens is 3. The second kappa shape index (κ2) is 9.47. The number of hydrogen-bond donors (Lipinski definition) is 1. The number of benzene rings is 2. The molecular weight excluding hydrogens is 426 g/mol. The monoisotopic (exact) mass is 449 g/mol. The summed E-state index contributed by atoms with van der Waals surface area (Å²) in [5, 5.41) is 21.5. The van der Waals surface area contributed by atoms with Crippen molar-refractivity contribution in [1.82, 2.24) is 25.2 Å². The number of nitrogens with one attached hydrogen (secondary N) is 1. The Labute approximate surface area is 189 Å². The Morgan fingerprint density at radius 2 is 1.73 bits per heavy atom. The summed E-state index contributed by atoms with van der Waals surface area (Å²) in [6.45, 7) is 4.09. The first-order valence-corrected chi connectivity index (χ1v) is 10.5. The summed E-state index contributed by atoms with van der Waals surface area (Å²) in [6.07, 6.45) is 0. The number of nitro benzene ring substituents is 1. The Morgan fingerprint density at radius 1 is 1.03 bits per heavy atom. The minimum absolute atomic E-state index is 0.0585. The summed E-state index contributed by atoms with van der Waals surface area (Å²) in [5.74, 6) is -0.694. The van der Waals surface area contributed by atoms with Crippen LogP contribution in [0.1, 0.15) is 16.2 Å². The molecule has 2 aromatic carbocycles. The first-order valence-electron chi connectivity index (χ1n) is 10.5. The fraction of sp³-hybridized carbons (Fsp3) is 0.273. The van der Waals surface area contributed by atoms with Gasteiger partial charge < -0.3 is 15.1 Å². The summed E-state index contributed by atoms with van der Waals surface area (Å²) in [7, 11) is 0. The van der Waals surface area contributed by atoms with E-state index in [0.29, 0.717) is 24.5 Å². The molecule has 11 nitrogen and oxygen atoms in total. The predicted octanol–water partition coefficient (Wildman–Crippen LogP) is 1.56. The molecule has 2 heterocycles. The van der Waals surface area contributed by atoms with Gasteiger partial charge in [0.1, 0.15) is 0 Å². The van der Waals surface area contributed by atoms with Gasteiger partial charge in [0, 0.05) is 44.0 Å². The van der Waals surface area contributed by atoms with Crippen LogP contribution in [0, 0.1) is 17.0 Å². The molecule has 2 amide bonds. The Hall–Kier alpha value is -4.28. The highest BCUT2D eigenvalue weighted by Gasteiger charge is 2.23. The van der Waals surface area contributed by atoms with Crippen molar-refractivity contribution < 1.29 is 14.5 Å². The van der Waals surface area contributed by atoms with Gasteiger partial charge in [0.2, 0.25) is 5.91 Å². The molecule has 0 atom stereocenters. The van der Waals surface area contributed by atoms with Crippen LogP contribution in [0.2, 0.25) is 0 Å². The van der Waals surface area contributed by atoms with Gasteiger partial charge in [-0.2, -0.15) is 0 Å². The summed E-state index contributed by atoms with van der Waals surface area (Å²) in [5.41, 5.74) is 1.92. The van der Waals surface area contributed by atoms with Gasteiger partial charge in [-0.1, -0.05) is 29.5 Å². The summed E-state index contributed by atoms with van der Waals surface area (Å²) < 4.78 is 1.35. The van der Waals surface area contributed by atoms with E-state index in [1.165, 1.54) is 22.9 Å². The quantitative estimate of drug-likeness (QED) is 0.447. The predicted molar refractivity (Wildman–Crippen MR) is 120 cm³/mol. The third-order valence-electron chi connectivity index (χ3n) is 5.55. The molecule has 0 aliphatic carbocycles. The Balaban J connectivity index is 1.33. The maximum Gasteiger partial charge on any atom is 0.274 e. The molecule has 0 unspecified atom stereocenters. The molecule has 0 spiro atoms. The van der Waals surface area contributed by atoms with Crippen molar-refractivity contribution in [2.24, 2.45) is 0 Å². The fourth-order valence-corrected chi connectivity index (χ4v) is 3.73. The third-order valence-corrected chi connectivity index (χ3v) is 5.55. The third kappa shape index (κ3) is 4.81. The van der Waals surface area contributed by atoms with Crippen LogP contribution < -0.4 is 10.2 Å². The number of rotatable bonds is 6. The zero-order chi connectivity index (χ0) is 23.4. The molecule has 1 aliphatic heterocycles. The number of nitro groups is 1. The molecule has 1 fully saturated rings. The second-order valence-corrected chi connectivity index (χ2v) is 7.60. The molecule has 1 saturated heterocycles. The van der Waals surface area contributed by atoms with E-state index in [1.54, 1.807) is 17.9 Å². The van der Waals surface area contributed by atoms with Crippen molar-refractivity contribution in [1.29, 1.82) is 0 Å². The summed E-state index contributed by atoms with van der Waals surface area (Å²) >= 11 is 0. The number of para-hydroxylation sites is 1. The van der Waals surface area contributed by atoms with E-state index in [4.69, 9.17) is 0 Å². The van der Waals surface area contributed by atoms with Crippen LogP contribution in [0.25, 0.3) is 5.69 Å². The number of piperazine rings is 1. The van der Waals surface area contributed by atoms with Gasteiger partial charge in [-0.15, -0.1) is 5.10 Å². The molecule has 33 heavy (non-hydrogen) atoms. The van der Waals surface area contributed by atoms with Crippen LogP contribution in [0.5, 0.6) is 0 Å². The fourth-order valence-electron chi connectivity index (χ4n) is 3.73. The zero-order valence-corrected chi connectivity index (χ0v) is 18.0. The summed E-state index contributed by atoms with van der Waals surface area (Å²) in [6, 6.07) is 15.9. The molecule has 170 valence electrons. The maximum atomic E-state index is 12.6. The van der Waals surface area contributed by atoms with Gasteiger partial charge in [-0.25, -0.2) is 4.68 Å². The van der Waals surface area contributed by atoms with Crippen LogP contribution in [0.15, 0.2) is 54.6 Å². The standard InChI is InChI=1S/C22H23N7O4/c1-16-21(24-25-28(16)18-8-5-9-19(14-18)29(32)33)22(31)23-15-20(30)27-12-10-26(11-13-27)17-6-3-2-4-7-17/h2-9,14H,10-13,15H2,1H3,(H,23,31). The lowest BCUT2D eigenvalue weighted by atomic mass is 10.2. The van der Waals surface area contributed by atoms with Crippen LogP contribution in [-0.4, -0.2) is 69.4 Å².